The van der Waals surface area contributed by atoms with Crippen molar-refractivity contribution in [1.82, 2.24) is 9.55 Å². The maximum atomic E-state index is 13.7. The van der Waals surface area contributed by atoms with Gasteiger partial charge in [0.15, 0.2) is 0 Å². The lowest BCUT2D eigenvalue weighted by Gasteiger charge is -2.05. The van der Waals surface area contributed by atoms with Crippen molar-refractivity contribution in [1.29, 1.82) is 0 Å². The molecule has 0 amide bonds. The molecule has 0 spiro atoms. The summed E-state index contributed by atoms with van der Waals surface area (Å²) in [5, 5.41) is 0. The van der Waals surface area contributed by atoms with Crippen molar-refractivity contribution in [2.24, 2.45) is 0 Å². The molecule has 3 nitrogen and oxygen atoms in total. The minimum absolute atomic E-state index is 0.253. The van der Waals surface area contributed by atoms with E-state index in [4.69, 9.17) is 5.73 Å². The van der Waals surface area contributed by atoms with Gasteiger partial charge in [0.25, 0.3) is 0 Å². The van der Waals surface area contributed by atoms with Gasteiger partial charge in [0.05, 0.1) is 16.7 Å². The third-order valence-corrected chi connectivity index (χ3v) is 2.74. The molecule has 0 unspecified atom stereocenters. The largest absolute Gasteiger partial charge is 0.399 e. The molecule has 0 bridgehead atoms. The van der Waals surface area contributed by atoms with E-state index in [1.807, 2.05) is 0 Å². The fourth-order valence-electron chi connectivity index (χ4n) is 1.90. The lowest BCUT2D eigenvalue weighted by molar-refractivity contribution is 0.578. The summed E-state index contributed by atoms with van der Waals surface area (Å²) in [4.78, 5) is 4.14. The number of anilines is 1. The van der Waals surface area contributed by atoms with E-state index >= 15 is 0 Å². The molecular weight excluding hydrogens is 236 g/mol. The molecule has 2 N–H and O–H groups in total. The number of hydrogen-bond acceptors (Lipinski definition) is 2. The van der Waals surface area contributed by atoms with E-state index in [-0.39, 0.29) is 5.69 Å². The van der Waals surface area contributed by atoms with Crippen molar-refractivity contribution >= 4 is 16.7 Å². The monoisotopic (exact) mass is 245 g/mol. The molecule has 5 heteroatoms. The zero-order valence-electron chi connectivity index (χ0n) is 9.27. The van der Waals surface area contributed by atoms with Gasteiger partial charge >= 0.3 is 0 Å². The van der Waals surface area contributed by atoms with Crippen LogP contribution < -0.4 is 5.73 Å². The molecule has 1 heterocycles. The normalized spacial score (nSPS) is 11.0. The third kappa shape index (κ3) is 1.60. The van der Waals surface area contributed by atoms with Gasteiger partial charge in [-0.2, -0.15) is 0 Å². The van der Waals surface area contributed by atoms with Crippen molar-refractivity contribution in [2.75, 3.05) is 5.73 Å². The second-order valence-electron chi connectivity index (χ2n) is 3.96. The number of fused-ring (bicyclic) bond motifs is 1. The predicted octanol–water partition coefficient (Wildman–Crippen LogP) is 2.89. The molecule has 3 rings (SSSR count). The molecule has 0 aliphatic rings. The minimum atomic E-state index is -0.633. The summed E-state index contributed by atoms with van der Waals surface area (Å²) in [6, 6.07) is 8.60. The van der Waals surface area contributed by atoms with Crippen LogP contribution in [0.25, 0.3) is 16.7 Å². The van der Waals surface area contributed by atoms with Gasteiger partial charge in [-0.05, 0) is 30.3 Å². The van der Waals surface area contributed by atoms with Crippen molar-refractivity contribution in [3.63, 3.8) is 0 Å². The van der Waals surface area contributed by atoms with E-state index in [2.05, 4.69) is 4.98 Å². The standard InChI is InChI=1S/C13H9F2N3/c14-8-1-3-12(10(15)5-8)18-7-17-11-6-9(16)2-4-13(11)18/h1-7H,16H2. The maximum absolute atomic E-state index is 13.7. The highest BCUT2D eigenvalue weighted by Gasteiger charge is 2.09. The molecule has 1 aromatic heterocycles. The first kappa shape index (κ1) is 10.7. The molecule has 0 atom stereocenters. The molecule has 90 valence electrons. The van der Waals surface area contributed by atoms with Crippen LogP contribution in [0.15, 0.2) is 42.7 Å². The molecule has 18 heavy (non-hydrogen) atoms. The summed E-state index contributed by atoms with van der Waals surface area (Å²) in [7, 11) is 0. The van der Waals surface area contributed by atoms with E-state index in [1.54, 1.807) is 22.8 Å². The van der Waals surface area contributed by atoms with Crippen LogP contribution in [-0.4, -0.2) is 9.55 Å². The Labute approximate surface area is 101 Å². The molecule has 0 radical (unpaired) electrons. The molecule has 0 saturated carbocycles. The van der Waals surface area contributed by atoms with Gasteiger partial charge in [-0.1, -0.05) is 0 Å². The zero-order valence-corrected chi connectivity index (χ0v) is 9.27. The summed E-state index contributed by atoms with van der Waals surface area (Å²) in [5.41, 5.74) is 7.87. The van der Waals surface area contributed by atoms with Crippen LogP contribution in [0, 0.1) is 11.6 Å². The Bertz CT molecular complexity index is 734. The number of aromatic nitrogens is 2. The van der Waals surface area contributed by atoms with Crippen LogP contribution in [0.3, 0.4) is 0 Å². The van der Waals surface area contributed by atoms with Crippen LogP contribution in [0.1, 0.15) is 0 Å². The lowest BCUT2D eigenvalue weighted by Crippen LogP contribution is -1.96. The van der Waals surface area contributed by atoms with Gasteiger partial charge in [0, 0.05) is 11.8 Å². The molecule has 0 saturated heterocycles. The highest BCUT2D eigenvalue weighted by molar-refractivity contribution is 5.80. The summed E-state index contributed by atoms with van der Waals surface area (Å²) in [5.74, 6) is -1.24. The van der Waals surface area contributed by atoms with Crippen molar-refractivity contribution in [3.05, 3.63) is 54.4 Å². The second-order valence-corrected chi connectivity index (χ2v) is 3.96. The quantitative estimate of drug-likeness (QED) is 0.670. The van der Waals surface area contributed by atoms with Crippen LogP contribution in [0.2, 0.25) is 0 Å². The Kier molecular flexibility index (Phi) is 2.26. The average Bonchev–Trinajstić information content (AvgIpc) is 2.72. The minimum Gasteiger partial charge on any atom is -0.399 e. The second kappa shape index (κ2) is 3.80. The van der Waals surface area contributed by atoms with E-state index < -0.39 is 11.6 Å². The number of nitrogen functional groups attached to an aromatic ring is 1. The Morgan fingerprint density at radius 1 is 1.06 bits per heavy atom. The fourth-order valence-corrected chi connectivity index (χ4v) is 1.90. The van der Waals surface area contributed by atoms with Crippen molar-refractivity contribution < 1.29 is 8.78 Å². The third-order valence-electron chi connectivity index (χ3n) is 2.74. The lowest BCUT2D eigenvalue weighted by atomic mass is 10.2. The molecule has 3 aromatic rings. The molecule has 2 aromatic carbocycles. The SMILES string of the molecule is Nc1ccc2c(c1)ncn2-c1ccc(F)cc1F. The highest BCUT2D eigenvalue weighted by atomic mass is 19.1. The van der Waals surface area contributed by atoms with E-state index in [1.165, 1.54) is 18.5 Å². The number of benzene rings is 2. The number of imidazole rings is 1. The molecule has 0 fully saturated rings. The first-order chi connectivity index (χ1) is 8.65. The van der Waals surface area contributed by atoms with Crippen LogP contribution in [-0.2, 0) is 0 Å². The average molecular weight is 245 g/mol. The van der Waals surface area contributed by atoms with E-state index in [9.17, 15) is 8.78 Å². The molecule has 0 aliphatic carbocycles. The fraction of sp³-hybridized carbons (Fsp3) is 0. The Morgan fingerprint density at radius 3 is 2.67 bits per heavy atom. The van der Waals surface area contributed by atoms with E-state index in [0.717, 1.165) is 11.6 Å². The Hall–Kier alpha value is -2.43. The van der Waals surface area contributed by atoms with Gasteiger partial charge in [-0.3, -0.25) is 4.57 Å². The predicted molar refractivity (Wildman–Crippen MR) is 65.4 cm³/mol. The summed E-state index contributed by atoms with van der Waals surface area (Å²) in [6.45, 7) is 0. The summed E-state index contributed by atoms with van der Waals surface area (Å²) >= 11 is 0. The smallest absolute Gasteiger partial charge is 0.150 e. The first-order valence-corrected chi connectivity index (χ1v) is 5.33. The van der Waals surface area contributed by atoms with E-state index in [0.29, 0.717) is 11.2 Å². The summed E-state index contributed by atoms with van der Waals surface area (Å²) < 4.78 is 28.1. The van der Waals surface area contributed by atoms with Gasteiger partial charge in [0.1, 0.15) is 18.0 Å². The summed E-state index contributed by atoms with van der Waals surface area (Å²) in [6.07, 6.45) is 1.49. The number of rotatable bonds is 1. The molecule has 0 aliphatic heterocycles. The van der Waals surface area contributed by atoms with Gasteiger partial charge in [0.2, 0.25) is 0 Å². The Morgan fingerprint density at radius 2 is 1.89 bits per heavy atom. The van der Waals surface area contributed by atoms with Crippen molar-refractivity contribution in [2.45, 2.75) is 0 Å². The van der Waals surface area contributed by atoms with Crippen LogP contribution in [0.5, 0.6) is 0 Å². The van der Waals surface area contributed by atoms with Crippen LogP contribution >= 0.6 is 0 Å². The zero-order chi connectivity index (χ0) is 12.7. The van der Waals surface area contributed by atoms with Gasteiger partial charge in [-0.25, -0.2) is 13.8 Å². The van der Waals surface area contributed by atoms with Crippen molar-refractivity contribution in [3.8, 4) is 5.69 Å². The number of nitrogens with zero attached hydrogens (tertiary/aromatic N) is 2. The first-order valence-electron chi connectivity index (χ1n) is 5.33. The highest BCUT2D eigenvalue weighted by Crippen LogP contribution is 2.22. The number of halogens is 2. The number of hydrogen-bond donors (Lipinski definition) is 1. The van der Waals surface area contributed by atoms with Gasteiger partial charge in [-0.15, -0.1) is 0 Å². The Balaban J connectivity index is 2.25. The molecular formula is C13H9F2N3. The topological polar surface area (TPSA) is 43.8 Å². The maximum Gasteiger partial charge on any atom is 0.150 e. The van der Waals surface area contributed by atoms with Gasteiger partial charge < -0.3 is 5.73 Å². The number of nitrogens with two attached hydrogens (primary N) is 1. The van der Waals surface area contributed by atoms with Crippen LogP contribution in [0.4, 0.5) is 14.5 Å².